The van der Waals surface area contributed by atoms with Crippen LogP contribution < -0.4 is 18.9 Å². The summed E-state index contributed by atoms with van der Waals surface area (Å²) in [4.78, 5) is 40.7. The van der Waals surface area contributed by atoms with E-state index in [-0.39, 0.29) is 28.8 Å². The van der Waals surface area contributed by atoms with Crippen LogP contribution in [0.5, 0.6) is 23.0 Å². The van der Waals surface area contributed by atoms with Crippen molar-refractivity contribution in [2.24, 2.45) is 4.99 Å². The van der Waals surface area contributed by atoms with Crippen molar-refractivity contribution < 1.29 is 38.1 Å². The van der Waals surface area contributed by atoms with Gasteiger partial charge >= 0.3 is 17.9 Å². The fourth-order valence-corrected chi connectivity index (χ4v) is 3.71. The summed E-state index contributed by atoms with van der Waals surface area (Å²) in [6, 6.07) is 16.3. The number of aliphatic imine (C=N–C) groups is 1. The van der Waals surface area contributed by atoms with Gasteiger partial charge in [-0.15, -0.1) is 0 Å². The molecule has 38 heavy (non-hydrogen) atoms. The second-order valence-corrected chi connectivity index (χ2v) is 8.75. The van der Waals surface area contributed by atoms with Crippen molar-refractivity contribution in [1.82, 2.24) is 0 Å². The van der Waals surface area contributed by atoms with Crippen molar-refractivity contribution >= 4 is 45.8 Å². The normalized spacial score (nSPS) is 13.5. The second-order valence-electron chi connectivity index (χ2n) is 7.83. The van der Waals surface area contributed by atoms with Gasteiger partial charge in [-0.25, -0.2) is 14.6 Å². The van der Waals surface area contributed by atoms with E-state index in [2.05, 4.69) is 20.9 Å². The molecule has 194 valence electrons. The van der Waals surface area contributed by atoms with E-state index in [1.165, 1.54) is 26.2 Å². The van der Waals surface area contributed by atoms with Gasteiger partial charge in [0.1, 0.15) is 0 Å². The summed E-state index contributed by atoms with van der Waals surface area (Å²) in [6.45, 7) is 3.42. The van der Waals surface area contributed by atoms with Crippen LogP contribution in [0.2, 0.25) is 0 Å². The van der Waals surface area contributed by atoms with Gasteiger partial charge in [0.15, 0.2) is 28.7 Å². The summed E-state index contributed by atoms with van der Waals surface area (Å²) >= 11 is 3.33. The molecule has 1 heterocycles. The largest absolute Gasteiger partial charge is 0.493 e. The lowest BCUT2D eigenvalue weighted by Crippen LogP contribution is -2.09. The fraction of sp³-hybridized carbons (Fsp3) is 0.143. The van der Waals surface area contributed by atoms with Crippen molar-refractivity contribution in [3.63, 3.8) is 0 Å². The van der Waals surface area contributed by atoms with Crippen molar-refractivity contribution in [3.05, 3.63) is 87.5 Å². The van der Waals surface area contributed by atoms with E-state index in [9.17, 15) is 14.4 Å². The number of ether oxygens (including phenoxy) is 5. The van der Waals surface area contributed by atoms with Crippen molar-refractivity contribution in [2.45, 2.75) is 13.8 Å². The Labute approximate surface area is 226 Å². The van der Waals surface area contributed by atoms with E-state index in [0.717, 1.165) is 4.47 Å². The molecule has 10 heteroatoms. The third kappa shape index (κ3) is 6.27. The van der Waals surface area contributed by atoms with Crippen LogP contribution in [0.15, 0.2) is 75.8 Å². The van der Waals surface area contributed by atoms with Gasteiger partial charge in [-0.05, 0) is 73.2 Å². The Morgan fingerprint density at radius 3 is 2.34 bits per heavy atom. The van der Waals surface area contributed by atoms with Gasteiger partial charge < -0.3 is 23.7 Å². The summed E-state index contributed by atoms with van der Waals surface area (Å²) < 4.78 is 27.8. The Balaban J connectivity index is 1.58. The highest BCUT2D eigenvalue weighted by Gasteiger charge is 2.25. The molecule has 4 rings (SSSR count). The Morgan fingerprint density at radius 1 is 0.947 bits per heavy atom. The van der Waals surface area contributed by atoms with E-state index in [1.54, 1.807) is 61.5 Å². The highest BCUT2D eigenvalue weighted by Crippen LogP contribution is 2.32. The van der Waals surface area contributed by atoms with E-state index >= 15 is 0 Å². The van der Waals surface area contributed by atoms with Crippen LogP contribution in [0.1, 0.15) is 35.3 Å². The van der Waals surface area contributed by atoms with Crippen LogP contribution in [0, 0.1) is 0 Å². The van der Waals surface area contributed by atoms with Gasteiger partial charge in [-0.2, -0.15) is 0 Å². The summed E-state index contributed by atoms with van der Waals surface area (Å²) in [7, 11) is 1.43. The third-order valence-corrected chi connectivity index (χ3v) is 5.67. The number of hydrogen-bond donors (Lipinski definition) is 0. The van der Waals surface area contributed by atoms with Crippen LogP contribution in [-0.2, 0) is 14.3 Å². The average molecular weight is 580 g/mol. The third-order valence-electron chi connectivity index (χ3n) is 5.14. The minimum absolute atomic E-state index is 0.0603. The molecule has 0 aromatic heterocycles. The number of rotatable bonds is 8. The number of carbonyl (C=O) groups is 3. The van der Waals surface area contributed by atoms with Crippen molar-refractivity contribution in [2.75, 3.05) is 13.7 Å². The number of halogens is 1. The smallest absolute Gasteiger partial charge is 0.363 e. The highest BCUT2D eigenvalue weighted by molar-refractivity contribution is 9.10. The molecular formula is C28H22BrNO8. The molecule has 1 aliphatic rings. The van der Waals surface area contributed by atoms with Crippen LogP contribution in [-0.4, -0.2) is 37.5 Å². The molecule has 1 aliphatic heterocycles. The number of esters is 3. The van der Waals surface area contributed by atoms with E-state index < -0.39 is 17.9 Å². The number of hydrogen-bond acceptors (Lipinski definition) is 9. The van der Waals surface area contributed by atoms with Crippen molar-refractivity contribution in [1.29, 1.82) is 0 Å². The quantitative estimate of drug-likeness (QED) is 0.200. The number of benzene rings is 3. The molecule has 0 aliphatic carbocycles. The molecule has 9 nitrogen and oxygen atoms in total. The molecule has 0 spiro atoms. The maximum Gasteiger partial charge on any atom is 0.363 e. The molecule has 0 saturated heterocycles. The Hall–Kier alpha value is -4.44. The summed E-state index contributed by atoms with van der Waals surface area (Å²) in [5.74, 6) is -0.531. The number of cyclic esters (lactones) is 1. The maximum atomic E-state index is 12.6. The molecular weight excluding hydrogens is 558 g/mol. The standard InChI is InChI=1S/C28H22BrNO8/c1-4-35-25-14-17(5-11-23(25)37-27(32)18-6-9-20(29)10-7-18)13-21-28(33)38-26(30-21)19-8-12-22(36-16(2)31)24(15-19)34-3/h5-15H,4H2,1-3H3/b21-13-. The van der Waals surface area contributed by atoms with Gasteiger partial charge in [0.25, 0.3) is 0 Å². The molecule has 0 radical (unpaired) electrons. The summed E-state index contributed by atoms with van der Waals surface area (Å²) in [6.07, 6.45) is 1.53. The van der Waals surface area contributed by atoms with Crippen LogP contribution in [0.25, 0.3) is 6.08 Å². The van der Waals surface area contributed by atoms with Gasteiger partial charge in [0.2, 0.25) is 5.90 Å². The number of methoxy groups -OCH3 is 1. The Kier molecular flexibility index (Phi) is 8.22. The minimum atomic E-state index is -0.647. The molecule has 0 bridgehead atoms. The van der Waals surface area contributed by atoms with Crippen LogP contribution >= 0.6 is 15.9 Å². The highest BCUT2D eigenvalue weighted by atomic mass is 79.9. The number of nitrogens with zero attached hydrogens (tertiary/aromatic N) is 1. The minimum Gasteiger partial charge on any atom is -0.493 e. The second kappa shape index (κ2) is 11.7. The predicted molar refractivity (Wildman–Crippen MR) is 142 cm³/mol. The molecule has 0 unspecified atom stereocenters. The van der Waals surface area contributed by atoms with E-state index in [0.29, 0.717) is 29.0 Å². The molecule has 0 fully saturated rings. The zero-order chi connectivity index (χ0) is 27.2. The molecule has 0 N–H and O–H groups in total. The lowest BCUT2D eigenvalue weighted by Gasteiger charge is -2.11. The van der Waals surface area contributed by atoms with Gasteiger partial charge in [0, 0.05) is 17.0 Å². The van der Waals surface area contributed by atoms with E-state index in [4.69, 9.17) is 23.7 Å². The summed E-state index contributed by atoms with van der Waals surface area (Å²) in [5.41, 5.74) is 1.48. The molecule has 3 aromatic rings. The molecule has 3 aromatic carbocycles. The maximum absolute atomic E-state index is 12.6. The lowest BCUT2D eigenvalue weighted by atomic mass is 10.1. The monoisotopic (exact) mass is 579 g/mol. The summed E-state index contributed by atoms with van der Waals surface area (Å²) in [5, 5.41) is 0. The predicted octanol–water partition coefficient (Wildman–Crippen LogP) is 5.35. The first-order chi connectivity index (χ1) is 18.3. The number of carbonyl (C=O) groups excluding carboxylic acids is 3. The topological polar surface area (TPSA) is 110 Å². The van der Waals surface area contributed by atoms with Gasteiger partial charge in [-0.1, -0.05) is 22.0 Å². The first-order valence-electron chi connectivity index (χ1n) is 11.4. The van der Waals surface area contributed by atoms with Crippen molar-refractivity contribution in [3.8, 4) is 23.0 Å². The SMILES string of the molecule is CCOc1cc(/C=C2\N=C(c3ccc(OC(C)=O)c(OC)c3)OC2=O)ccc1OC(=O)c1ccc(Br)cc1. The Bertz CT molecular complexity index is 1460. The van der Waals surface area contributed by atoms with Crippen LogP contribution in [0.4, 0.5) is 0 Å². The molecule has 0 amide bonds. The fourth-order valence-electron chi connectivity index (χ4n) is 3.44. The zero-order valence-electron chi connectivity index (χ0n) is 20.6. The lowest BCUT2D eigenvalue weighted by molar-refractivity contribution is -0.132. The van der Waals surface area contributed by atoms with E-state index in [1.807, 2.05) is 0 Å². The molecule has 0 atom stereocenters. The first kappa shape index (κ1) is 26.6. The first-order valence-corrected chi connectivity index (χ1v) is 12.2. The zero-order valence-corrected chi connectivity index (χ0v) is 22.2. The average Bonchev–Trinajstić information content (AvgIpc) is 3.25. The Morgan fingerprint density at radius 2 is 1.66 bits per heavy atom. The van der Waals surface area contributed by atoms with Crippen LogP contribution in [0.3, 0.4) is 0 Å². The molecule has 0 saturated carbocycles. The van der Waals surface area contributed by atoms with Gasteiger partial charge in [0.05, 0.1) is 19.3 Å². The van der Waals surface area contributed by atoms with Gasteiger partial charge in [-0.3, -0.25) is 4.79 Å².